The lowest BCUT2D eigenvalue weighted by atomic mass is 10.1. The van der Waals surface area contributed by atoms with Gasteiger partial charge in [-0.3, -0.25) is 9.59 Å². The van der Waals surface area contributed by atoms with Gasteiger partial charge in [-0.25, -0.2) is 9.97 Å². The Morgan fingerprint density at radius 3 is 2.45 bits per heavy atom. The Morgan fingerprint density at radius 2 is 1.79 bits per heavy atom. The summed E-state index contributed by atoms with van der Waals surface area (Å²) in [5.74, 6) is 1.08. The number of nitrogens with zero attached hydrogens (tertiary/aromatic N) is 2. The van der Waals surface area contributed by atoms with E-state index in [1.807, 2.05) is 6.07 Å². The van der Waals surface area contributed by atoms with Crippen LogP contribution in [0.5, 0.6) is 11.5 Å². The van der Waals surface area contributed by atoms with Crippen LogP contribution >= 0.6 is 0 Å². The Balaban J connectivity index is 1.71. The highest BCUT2D eigenvalue weighted by molar-refractivity contribution is 6.03. The second-order valence-electron chi connectivity index (χ2n) is 6.07. The molecule has 8 heteroatoms. The quantitative estimate of drug-likeness (QED) is 0.591. The van der Waals surface area contributed by atoms with Gasteiger partial charge in [0.05, 0.1) is 32.3 Å². The Morgan fingerprint density at radius 1 is 0.966 bits per heavy atom. The van der Waals surface area contributed by atoms with E-state index in [0.717, 1.165) is 0 Å². The van der Waals surface area contributed by atoms with Gasteiger partial charge in [0.2, 0.25) is 0 Å². The van der Waals surface area contributed by atoms with Crippen molar-refractivity contribution in [1.82, 2.24) is 9.97 Å². The van der Waals surface area contributed by atoms with Crippen LogP contribution in [0.3, 0.4) is 0 Å². The van der Waals surface area contributed by atoms with Gasteiger partial charge in [0.25, 0.3) is 5.91 Å². The molecule has 0 bridgehead atoms. The number of anilines is 3. The number of hydrogen-bond donors (Lipinski definition) is 2. The molecule has 148 valence electrons. The van der Waals surface area contributed by atoms with Crippen LogP contribution in [0.4, 0.5) is 17.2 Å². The zero-order valence-electron chi connectivity index (χ0n) is 16.2. The van der Waals surface area contributed by atoms with Crippen LogP contribution in [0, 0.1) is 0 Å². The number of amides is 1. The predicted molar refractivity (Wildman–Crippen MR) is 109 cm³/mol. The first-order valence-electron chi connectivity index (χ1n) is 8.73. The van der Waals surface area contributed by atoms with Crippen molar-refractivity contribution < 1.29 is 19.1 Å². The minimum atomic E-state index is -0.425. The highest BCUT2D eigenvalue weighted by atomic mass is 16.5. The standard InChI is InChI=1S/C21H20N4O4/c1-13(26)14-5-4-6-15(9-14)24-20-12-22-18(11-23-20)21(27)25-17-8-7-16(28-2)10-19(17)29-3/h4-12H,1-3H3,(H,23,24)(H,25,27). The molecule has 0 saturated heterocycles. The van der Waals surface area contributed by atoms with Crippen LogP contribution in [0.2, 0.25) is 0 Å². The molecule has 1 amide bonds. The number of methoxy groups -OCH3 is 2. The van der Waals surface area contributed by atoms with E-state index in [2.05, 4.69) is 20.6 Å². The Bertz CT molecular complexity index is 1040. The first-order valence-corrected chi connectivity index (χ1v) is 8.73. The molecular formula is C21H20N4O4. The summed E-state index contributed by atoms with van der Waals surface area (Å²) in [5, 5.41) is 5.79. The molecule has 0 aliphatic rings. The van der Waals surface area contributed by atoms with Gasteiger partial charge in [-0.15, -0.1) is 0 Å². The molecule has 29 heavy (non-hydrogen) atoms. The molecular weight excluding hydrogens is 372 g/mol. The number of ketones is 1. The van der Waals surface area contributed by atoms with E-state index in [-0.39, 0.29) is 11.5 Å². The molecule has 1 aromatic heterocycles. The molecule has 2 N–H and O–H groups in total. The summed E-state index contributed by atoms with van der Waals surface area (Å²) < 4.78 is 10.4. The van der Waals surface area contributed by atoms with Crippen LogP contribution in [0.1, 0.15) is 27.8 Å². The van der Waals surface area contributed by atoms with Crippen molar-refractivity contribution in [3.8, 4) is 11.5 Å². The van der Waals surface area contributed by atoms with E-state index < -0.39 is 5.91 Å². The monoisotopic (exact) mass is 392 g/mol. The molecule has 0 atom stereocenters. The molecule has 0 aliphatic carbocycles. The van der Waals surface area contributed by atoms with Crippen molar-refractivity contribution in [2.45, 2.75) is 6.92 Å². The fourth-order valence-electron chi connectivity index (χ4n) is 2.56. The average Bonchev–Trinajstić information content (AvgIpc) is 2.74. The van der Waals surface area contributed by atoms with E-state index in [1.165, 1.54) is 26.4 Å². The maximum Gasteiger partial charge on any atom is 0.275 e. The minimum absolute atomic E-state index is 0.0271. The molecule has 0 spiro atoms. The van der Waals surface area contributed by atoms with E-state index in [4.69, 9.17) is 9.47 Å². The van der Waals surface area contributed by atoms with Crippen molar-refractivity contribution in [3.05, 3.63) is 66.1 Å². The lowest BCUT2D eigenvalue weighted by Crippen LogP contribution is -2.15. The fraction of sp³-hybridized carbons (Fsp3) is 0.143. The summed E-state index contributed by atoms with van der Waals surface area (Å²) in [4.78, 5) is 32.3. The third kappa shape index (κ3) is 4.86. The molecule has 8 nitrogen and oxygen atoms in total. The van der Waals surface area contributed by atoms with Gasteiger partial charge in [-0.05, 0) is 31.2 Å². The SMILES string of the molecule is COc1ccc(NC(=O)c2cnc(Nc3cccc(C(C)=O)c3)cn2)c(OC)c1. The van der Waals surface area contributed by atoms with Crippen LogP contribution in [-0.4, -0.2) is 35.9 Å². The van der Waals surface area contributed by atoms with E-state index in [1.54, 1.807) is 43.5 Å². The summed E-state index contributed by atoms with van der Waals surface area (Å²) >= 11 is 0. The number of ether oxygens (including phenoxy) is 2. The Kier molecular flexibility index (Phi) is 6.03. The van der Waals surface area contributed by atoms with Crippen molar-refractivity contribution in [1.29, 1.82) is 0 Å². The Hall–Kier alpha value is -3.94. The van der Waals surface area contributed by atoms with Gasteiger partial charge in [0.15, 0.2) is 5.78 Å². The normalized spacial score (nSPS) is 10.2. The molecule has 0 fully saturated rings. The molecule has 0 aliphatic heterocycles. The number of aromatic nitrogens is 2. The van der Waals surface area contributed by atoms with Crippen LogP contribution < -0.4 is 20.1 Å². The zero-order chi connectivity index (χ0) is 20.8. The Labute approximate surface area is 167 Å². The number of nitrogens with one attached hydrogen (secondary N) is 2. The van der Waals surface area contributed by atoms with Gasteiger partial charge in [-0.1, -0.05) is 12.1 Å². The third-order valence-corrected chi connectivity index (χ3v) is 4.08. The zero-order valence-corrected chi connectivity index (χ0v) is 16.2. The van der Waals surface area contributed by atoms with Gasteiger partial charge < -0.3 is 20.1 Å². The number of carbonyl (C=O) groups is 2. The van der Waals surface area contributed by atoms with Crippen LogP contribution in [0.25, 0.3) is 0 Å². The van der Waals surface area contributed by atoms with Gasteiger partial charge in [0.1, 0.15) is 23.0 Å². The summed E-state index contributed by atoms with van der Waals surface area (Å²) in [6, 6.07) is 12.1. The molecule has 3 rings (SSSR count). The maximum atomic E-state index is 12.5. The highest BCUT2D eigenvalue weighted by Crippen LogP contribution is 2.29. The van der Waals surface area contributed by atoms with Crippen molar-refractivity contribution >= 4 is 28.9 Å². The second kappa shape index (κ2) is 8.83. The number of Topliss-reactive ketones (excluding diaryl/α,β-unsaturated/α-hetero) is 1. The van der Waals surface area contributed by atoms with E-state index in [9.17, 15) is 9.59 Å². The fourth-order valence-corrected chi connectivity index (χ4v) is 2.56. The summed E-state index contributed by atoms with van der Waals surface area (Å²) in [7, 11) is 3.06. The number of rotatable bonds is 7. The van der Waals surface area contributed by atoms with Crippen molar-refractivity contribution in [2.24, 2.45) is 0 Å². The number of carbonyl (C=O) groups excluding carboxylic acids is 2. The smallest absolute Gasteiger partial charge is 0.275 e. The van der Waals surface area contributed by atoms with Gasteiger partial charge >= 0.3 is 0 Å². The molecule has 0 unspecified atom stereocenters. The third-order valence-electron chi connectivity index (χ3n) is 4.08. The summed E-state index contributed by atoms with van der Waals surface area (Å²) in [5.41, 5.74) is 1.92. The highest BCUT2D eigenvalue weighted by Gasteiger charge is 2.13. The number of benzene rings is 2. The predicted octanol–water partition coefficient (Wildman–Crippen LogP) is 3.69. The lowest BCUT2D eigenvalue weighted by molar-refractivity contribution is 0.101. The van der Waals surface area contributed by atoms with Crippen molar-refractivity contribution in [3.63, 3.8) is 0 Å². The van der Waals surface area contributed by atoms with Crippen LogP contribution in [-0.2, 0) is 0 Å². The molecule has 2 aromatic carbocycles. The minimum Gasteiger partial charge on any atom is -0.497 e. The van der Waals surface area contributed by atoms with E-state index >= 15 is 0 Å². The number of hydrogen-bond acceptors (Lipinski definition) is 7. The molecule has 0 radical (unpaired) electrons. The summed E-state index contributed by atoms with van der Waals surface area (Å²) in [6.45, 7) is 1.50. The first kappa shape index (κ1) is 19.8. The largest absolute Gasteiger partial charge is 0.497 e. The maximum absolute atomic E-state index is 12.5. The average molecular weight is 392 g/mol. The summed E-state index contributed by atoms with van der Waals surface area (Å²) in [6.07, 6.45) is 2.81. The lowest BCUT2D eigenvalue weighted by Gasteiger charge is -2.11. The van der Waals surface area contributed by atoms with E-state index in [0.29, 0.717) is 34.3 Å². The van der Waals surface area contributed by atoms with Gasteiger partial charge in [-0.2, -0.15) is 0 Å². The van der Waals surface area contributed by atoms with Gasteiger partial charge in [0, 0.05) is 17.3 Å². The topological polar surface area (TPSA) is 102 Å². The second-order valence-corrected chi connectivity index (χ2v) is 6.07. The first-order chi connectivity index (χ1) is 14.0. The van der Waals surface area contributed by atoms with Crippen LogP contribution in [0.15, 0.2) is 54.9 Å². The molecule has 1 heterocycles. The molecule has 0 saturated carbocycles. The van der Waals surface area contributed by atoms with Crippen molar-refractivity contribution in [2.75, 3.05) is 24.9 Å². The molecule has 3 aromatic rings.